The SMILES string of the molecule is CCOC(=O)N1CCC(N(c2cccc3c(NC(=O)C4CCCCC4)c(C)ccc23)S(=O)O)CC1. The highest BCUT2D eigenvalue weighted by Crippen LogP contribution is 2.37. The fraction of sp³-hybridized carbons (Fsp3) is 0.538. The minimum atomic E-state index is -2.25. The second-order valence-electron chi connectivity index (χ2n) is 9.43. The zero-order valence-corrected chi connectivity index (χ0v) is 21.3. The summed E-state index contributed by atoms with van der Waals surface area (Å²) in [6.07, 6.45) is 5.96. The Balaban J connectivity index is 1.62. The molecule has 2 amide bonds. The van der Waals surface area contributed by atoms with Gasteiger partial charge < -0.3 is 15.0 Å². The lowest BCUT2D eigenvalue weighted by Crippen LogP contribution is -2.47. The molecule has 1 saturated heterocycles. The van der Waals surface area contributed by atoms with E-state index in [0.29, 0.717) is 38.2 Å². The zero-order valence-electron chi connectivity index (χ0n) is 20.5. The van der Waals surface area contributed by atoms with Crippen LogP contribution < -0.4 is 9.62 Å². The molecule has 2 aliphatic rings. The van der Waals surface area contributed by atoms with Crippen LogP contribution in [0.25, 0.3) is 10.8 Å². The number of ether oxygens (including phenoxy) is 1. The van der Waals surface area contributed by atoms with Crippen molar-refractivity contribution in [2.24, 2.45) is 5.92 Å². The first-order valence-corrected chi connectivity index (χ1v) is 13.6. The summed E-state index contributed by atoms with van der Waals surface area (Å²) in [6, 6.07) is 9.34. The molecular weight excluding hydrogens is 466 g/mol. The molecule has 0 radical (unpaired) electrons. The Labute approximate surface area is 209 Å². The molecule has 35 heavy (non-hydrogen) atoms. The van der Waals surface area contributed by atoms with E-state index in [2.05, 4.69) is 5.32 Å². The number of fused-ring (bicyclic) bond motifs is 1. The number of hydrogen-bond acceptors (Lipinski definition) is 4. The number of benzene rings is 2. The molecule has 2 aromatic rings. The number of nitrogens with zero attached hydrogens (tertiary/aromatic N) is 2. The van der Waals surface area contributed by atoms with Gasteiger partial charge in [0.2, 0.25) is 5.91 Å². The van der Waals surface area contributed by atoms with Crippen LogP contribution >= 0.6 is 0 Å². The molecule has 190 valence electrons. The number of likely N-dealkylation sites (tertiary alicyclic amines) is 1. The predicted molar refractivity (Wildman–Crippen MR) is 139 cm³/mol. The minimum absolute atomic E-state index is 0.0348. The van der Waals surface area contributed by atoms with Gasteiger partial charge in [0.1, 0.15) is 0 Å². The standard InChI is InChI=1S/C26H35N3O5S/c1-3-34-26(31)28-16-14-20(15-17-28)29(35(32)33)23-11-7-10-22-21(23)13-12-18(2)24(22)27-25(30)19-8-5-4-6-9-19/h7,10-13,19-20H,3-6,8-9,14-17H2,1-2H3,(H,27,30)(H,32,33). The lowest BCUT2D eigenvalue weighted by Gasteiger charge is -2.37. The number of hydrogen-bond donors (Lipinski definition) is 2. The third-order valence-corrected chi connectivity index (χ3v) is 8.03. The van der Waals surface area contributed by atoms with Gasteiger partial charge in [-0.1, -0.05) is 43.5 Å². The van der Waals surface area contributed by atoms with Gasteiger partial charge in [-0.05, 0) is 51.2 Å². The number of rotatable bonds is 6. The van der Waals surface area contributed by atoms with E-state index in [-0.39, 0.29) is 24.0 Å². The molecule has 0 bridgehead atoms. The van der Waals surface area contributed by atoms with Crippen molar-refractivity contribution in [1.82, 2.24) is 4.90 Å². The van der Waals surface area contributed by atoms with Gasteiger partial charge in [0.25, 0.3) is 11.3 Å². The summed E-state index contributed by atoms with van der Waals surface area (Å²) >= 11 is -2.25. The van der Waals surface area contributed by atoms with Crippen molar-refractivity contribution in [2.45, 2.75) is 64.8 Å². The van der Waals surface area contributed by atoms with E-state index in [0.717, 1.165) is 47.7 Å². The maximum Gasteiger partial charge on any atom is 0.409 e. The summed E-state index contributed by atoms with van der Waals surface area (Å²) in [7, 11) is 0. The average Bonchev–Trinajstić information content (AvgIpc) is 2.87. The Morgan fingerprint density at radius 2 is 1.80 bits per heavy atom. The third-order valence-electron chi connectivity index (χ3n) is 7.20. The summed E-state index contributed by atoms with van der Waals surface area (Å²) < 4.78 is 29.5. The summed E-state index contributed by atoms with van der Waals surface area (Å²) in [5.41, 5.74) is 2.37. The highest BCUT2D eigenvalue weighted by Gasteiger charge is 2.31. The summed E-state index contributed by atoms with van der Waals surface area (Å²) in [6.45, 7) is 4.99. The molecule has 2 aromatic carbocycles. The predicted octanol–water partition coefficient (Wildman–Crippen LogP) is 5.23. The molecule has 1 saturated carbocycles. The second-order valence-corrected chi connectivity index (χ2v) is 10.3. The monoisotopic (exact) mass is 501 g/mol. The van der Waals surface area contributed by atoms with Crippen molar-refractivity contribution in [1.29, 1.82) is 0 Å². The largest absolute Gasteiger partial charge is 0.450 e. The lowest BCUT2D eigenvalue weighted by atomic mass is 9.88. The van der Waals surface area contributed by atoms with Crippen molar-refractivity contribution >= 4 is 45.4 Å². The Morgan fingerprint density at radius 1 is 1.09 bits per heavy atom. The van der Waals surface area contributed by atoms with Gasteiger partial charge in [-0.25, -0.2) is 9.00 Å². The first kappa shape index (κ1) is 25.4. The quantitative estimate of drug-likeness (QED) is 0.528. The van der Waals surface area contributed by atoms with E-state index < -0.39 is 11.3 Å². The molecule has 8 nitrogen and oxygen atoms in total. The van der Waals surface area contributed by atoms with Crippen LogP contribution in [0, 0.1) is 12.8 Å². The Hall–Kier alpha value is -2.65. The van der Waals surface area contributed by atoms with Crippen molar-refractivity contribution in [2.75, 3.05) is 29.3 Å². The maximum atomic E-state index is 13.0. The van der Waals surface area contributed by atoms with Crippen LogP contribution in [0.1, 0.15) is 57.4 Å². The van der Waals surface area contributed by atoms with Gasteiger partial charge in [-0.3, -0.25) is 13.7 Å². The van der Waals surface area contributed by atoms with Crippen LogP contribution in [0.4, 0.5) is 16.2 Å². The maximum absolute atomic E-state index is 13.0. The van der Waals surface area contributed by atoms with E-state index in [1.165, 1.54) is 10.7 Å². The minimum Gasteiger partial charge on any atom is -0.450 e. The number of carbonyl (C=O) groups excluding carboxylic acids is 2. The van der Waals surface area contributed by atoms with E-state index in [4.69, 9.17) is 4.74 Å². The zero-order chi connectivity index (χ0) is 24.9. The number of carbonyl (C=O) groups is 2. The van der Waals surface area contributed by atoms with Gasteiger partial charge in [0.15, 0.2) is 0 Å². The Bertz CT molecular complexity index is 1090. The van der Waals surface area contributed by atoms with Gasteiger partial charge >= 0.3 is 6.09 Å². The Kier molecular flexibility index (Phi) is 8.28. The fourth-order valence-electron chi connectivity index (χ4n) is 5.30. The smallest absolute Gasteiger partial charge is 0.409 e. The van der Waals surface area contributed by atoms with Crippen LogP contribution in [-0.2, 0) is 20.8 Å². The molecular formula is C26H35N3O5S. The van der Waals surface area contributed by atoms with Gasteiger partial charge in [-0.2, -0.15) is 0 Å². The van der Waals surface area contributed by atoms with E-state index >= 15 is 0 Å². The van der Waals surface area contributed by atoms with Gasteiger partial charge in [-0.15, -0.1) is 0 Å². The highest BCUT2D eigenvalue weighted by molar-refractivity contribution is 7.80. The van der Waals surface area contributed by atoms with Crippen LogP contribution in [-0.4, -0.2) is 51.4 Å². The van der Waals surface area contributed by atoms with E-state index in [9.17, 15) is 18.4 Å². The number of aryl methyl sites for hydroxylation is 1. The van der Waals surface area contributed by atoms with Crippen molar-refractivity contribution < 1.29 is 23.1 Å². The fourth-order valence-corrected chi connectivity index (χ4v) is 6.10. The van der Waals surface area contributed by atoms with Crippen LogP contribution in [0.2, 0.25) is 0 Å². The first-order valence-electron chi connectivity index (χ1n) is 12.6. The molecule has 1 heterocycles. The van der Waals surface area contributed by atoms with Crippen LogP contribution in [0.3, 0.4) is 0 Å². The molecule has 2 fully saturated rings. The van der Waals surface area contributed by atoms with Crippen molar-refractivity contribution in [3.63, 3.8) is 0 Å². The van der Waals surface area contributed by atoms with Gasteiger partial charge in [0, 0.05) is 35.8 Å². The van der Waals surface area contributed by atoms with Crippen molar-refractivity contribution in [3.8, 4) is 0 Å². The average molecular weight is 502 g/mol. The molecule has 1 atom stereocenters. The number of piperidine rings is 1. The highest BCUT2D eigenvalue weighted by atomic mass is 32.2. The van der Waals surface area contributed by atoms with E-state index in [1.54, 1.807) is 11.8 Å². The molecule has 2 N–H and O–H groups in total. The molecule has 1 unspecified atom stereocenters. The third kappa shape index (κ3) is 5.62. The molecule has 4 rings (SSSR count). The number of amides is 2. The summed E-state index contributed by atoms with van der Waals surface area (Å²) in [5, 5.41) is 4.84. The van der Waals surface area contributed by atoms with Crippen molar-refractivity contribution in [3.05, 3.63) is 35.9 Å². The molecule has 1 aliphatic heterocycles. The molecule has 9 heteroatoms. The topological polar surface area (TPSA) is 99.2 Å². The summed E-state index contributed by atoms with van der Waals surface area (Å²) in [4.78, 5) is 26.7. The van der Waals surface area contributed by atoms with Gasteiger partial charge in [0.05, 0.1) is 18.0 Å². The van der Waals surface area contributed by atoms with Crippen LogP contribution in [0.15, 0.2) is 30.3 Å². The van der Waals surface area contributed by atoms with Crippen LogP contribution in [0.5, 0.6) is 0 Å². The first-order chi connectivity index (χ1) is 16.9. The Morgan fingerprint density at radius 3 is 2.46 bits per heavy atom. The summed E-state index contributed by atoms with van der Waals surface area (Å²) in [5.74, 6) is 0.0900. The number of nitrogens with one attached hydrogen (secondary N) is 1. The molecule has 0 spiro atoms. The molecule has 1 aliphatic carbocycles. The lowest BCUT2D eigenvalue weighted by molar-refractivity contribution is -0.120. The number of anilines is 2. The normalized spacial score (nSPS) is 18.3. The second kappa shape index (κ2) is 11.4. The van der Waals surface area contributed by atoms with E-state index in [1.807, 2.05) is 37.3 Å². The molecule has 0 aromatic heterocycles.